The van der Waals surface area contributed by atoms with Crippen LogP contribution in [0.1, 0.15) is 43.0 Å². The Morgan fingerprint density at radius 3 is 2.71 bits per heavy atom. The lowest BCUT2D eigenvalue weighted by molar-refractivity contribution is 0.0938. The Morgan fingerprint density at radius 2 is 2.00 bits per heavy atom. The first-order valence-electron chi connectivity index (χ1n) is 6.45. The lowest BCUT2D eigenvalue weighted by Gasteiger charge is -2.14. The molecule has 0 saturated heterocycles. The Hall–Kier alpha value is -1.51. The van der Waals surface area contributed by atoms with E-state index < -0.39 is 0 Å². The molecule has 2 rings (SSSR count). The van der Waals surface area contributed by atoms with E-state index in [1.165, 1.54) is 12.8 Å². The second-order valence-corrected chi connectivity index (χ2v) is 4.53. The highest BCUT2D eigenvalue weighted by atomic mass is 16.1. The first-order valence-corrected chi connectivity index (χ1v) is 6.45. The summed E-state index contributed by atoms with van der Waals surface area (Å²) in [6.07, 6.45) is 4.71. The number of nitrogens with one attached hydrogen (secondary N) is 2. The molecule has 0 heterocycles. The van der Waals surface area contributed by atoms with Crippen LogP contribution in [0.15, 0.2) is 24.3 Å². The van der Waals surface area contributed by atoms with Gasteiger partial charge in [-0.05, 0) is 31.9 Å². The highest BCUT2D eigenvalue weighted by molar-refractivity contribution is 5.99. The van der Waals surface area contributed by atoms with Crippen molar-refractivity contribution in [3.05, 3.63) is 29.8 Å². The summed E-state index contributed by atoms with van der Waals surface area (Å²) in [5.74, 6) is 0.0495. The minimum Gasteiger partial charge on any atom is -0.385 e. The van der Waals surface area contributed by atoms with E-state index in [0.717, 1.165) is 30.6 Å². The van der Waals surface area contributed by atoms with Gasteiger partial charge in [-0.1, -0.05) is 25.0 Å². The van der Waals surface area contributed by atoms with E-state index in [0.29, 0.717) is 6.04 Å². The molecule has 1 aliphatic rings. The molecule has 1 aromatic rings. The van der Waals surface area contributed by atoms with Gasteiger partial charge < -0.3 is 10.6 Å². The molecule has 1 aliphatic carbocycles. The van der Waals surface area contributed by atoms with Crippen molar-refractivity contribution in [2.24, 2.45) is 0 Å². The Bertz CT molecular complexity index is 384. The van der Waals surface area contributed by atoms with Gasteiger partial charge in [0.1, 0.15) is 0 Å². The number of hydrogen-bond donors (Lipinski definition) is 2. The molecular weight excluding hydrogens is 212 g/mol. The van der Waals surface area contributed by atoms with Gasteiger partial charge in [-0.15, -0.1) is 0 Å². The maximum absolute atomic E-state index is 12.1. The van der Waals surface area contributed by atoms with E-state index in [1.807, 2.05) is 31.2 Å². The van der Waals surface area contributed by atoms with Crippen molar-refractivity contribution in [1.29, 1.82) is 0 Å². The molecule has 0 unspecified atom stereocenters. The zero-order valence-corrected chi connectivity index (χ0v) is 10.3. The molecule has 2 N–H and O–H groups in total. The van der Waals surface area contributed by atoms with Gasteiger partial charge in [0.05, 0.1) is 5.56 Å². The number of anilines is 1. The standard InChI is InChI=1S/C14H20N2O/c1-2-15-13-10-6-5-9-12(13)14(17)16-11-7-3-4-8-11/h5-6,9-11,15H,2-4,7-8H2,1H3,(H,16,17). The zero-order valence-electron chi connectivity index (χ0n) is 10.3. The first-order chi connectivity index (χ1) is 8.31. The smallest absolute Gasteiger partial charge is 0.253 e. The molecular formula is C14H20N2O. The topological polar surface area (TPSA) is 41.1 Å². The monoisotopic (exact) mass is 232 g/mol. The van der Waals surface area contributed by atoms with Crippen molar-refractivity contribution >= 4 is 11.6 Å². The van der Waals surface area contributed by atoms with Gasteiger partial charge in [0.2, 0.25) is 0 Å². The summed E-state index contributed by atoms with van der Waals surface area (Å²) >= 11 is 0. The van der Waals surface area contributed by atoms with E-state index in [2.05, 4.69) is 10.6 Å². The summed E-state index contributed by atoms with van der Waals surface area (Å²) in [5, 5.41) is 6.34. The molecule has 0 aromatic heterocycles. The number of rotatable bonds is 4. The second-order valence-electron chi connectivity index (χ2n) is 4.53. The quantitative estimate of drug-likeness (QED) is 0.838. The number of carbonyl (C=O) groups is 1. The maximum Gasteiger partial charge on any atom is 0.253 e. The predicted octanol–water partition coefficient (Wildman–Crippen LogP) is 2.79. The van der Waals surface area contributed by atoms with Crippen molar-refractivity contribution in [2.75, 3.05) is 11.9 Å². The Labute approximate surface area is 103 Å². The molecule has 1 aromatic carbocycles. The highest BCUT2D eigenvalue weighted by Crippen LogP contribution is 2.20. The first kappa shape index (κ1) is 12.0. The van der Waals surface area contributed by atoms with Crippen LogP contribution in [0, 0.1) is 0 Å². The largest absolute Gasteiger partial charge is 0.385 e. The van der Waals surface area contributed by atoms with Crippen molar-refractivity contribution < 1.29 is 4.79 Å². The number of amides is 1. The summed E-state index contributed by atoms with van der Waals surface area (Å²) in [5.41, 5.74) is 1.67. The number of benzene rings is 1. The Balaban J connectivity index is 2.06. The van der Waals surface area contributed by atoms with E-state index in [-0.39, 0.29) is 5.91 Å². The molecule has 0 aliphatic heterocycles. The summed E-state index contributed by atoms with van der Waals surface area (Å²) in [6, 6.07) is 8.06. The fraction of sp³-hybridized carbons (Fsp3) is 0.500. The lowest BCUT2D eigenvalue weighted by atomic mass is 10.1. The summed E-state index contributed by atoms with van der Waals surface area (Å²) in [7, 11) is 0. The second kappa shape index (κ2) is 5.71. The molecule has 1 fully saturated rings. The van der Waals surface area contributed by atoms with Gasteiger partial charge >= 0.3 is 0 Å². The number of carbonyl (C=O) groups excluding carboxylic acids is 1. The minimum atomic E-state index is 0.0495. The fourth-order valence-corrected chi connectivity index (χ4v) is 2.36. The SMILES string of the molecule is CCNc1ccccc1C(=O)NC1CCCC1. The molecule has 0 spiro atoms. The summed E-state index contributed by atoms with van der Waals surface area (Å²) in [6.45, 7) is 2.86. The Morgan fingerprint density at radius 1 is 1.29 bits per heavy atom. The average molecular weight is 232 g/mol. The average Bonchev–Trinajstić information content (AvgIpc) is 2.83. The Kier molecular flexibility index (Phi) is 4.02. The van der Waals surface area contributed by atoms with Crippen LogP contribution >= 0.6 is 0 Å². The molecule has 17 heavy (non-hydrogen) atoms. The molecule has 92 valence electrons. The molecule has 0 atom stereocenters. The van der Waals surface area contributed by atoms with Crippen LogP contribution in [-0.4, -0.2) is 18.5 Å². The van der Waals surface area contributed by atoms with Gasteiger partial charge in [-0.2, -0.15) is 0 Å². The number of para-hydroxylation sites is 1. The minimum absolute atomic E-state index is 0.0495. The van der Waals surface area contributed by atoms with Crippen LogP contribution in [0.2, 0.25) is 0 Å². The van der Waals surface area contributed by atoms with Gasteiger partial charge in [0.25, 0.3) is 5.91 Å². The van der Waals surface area contributed by atoms with E-state index >= 15 is 0 Å². The maximum atomic E-state index is 12.1. The van der Waals surface area contributed by atoms with Crippen molar-refractivity contribution in [1.82, 2.24) is 5.32 Å². The molecule has 0 radical (unpaired) electrons. The molecule has 3 heteroatoms. The van der Waals surface area contributed by atoms with Crippen LogP contribution in [0.25, 0.3) is 0 Å². The van der Waals surface area contributed by atoms with Crippen molar-refractivity contribution in [2.45, 2.75) is 38.6 Å². The van der Waals surface area contributed by atoms with Crippen LogP contribution in [-0.2, 0) is 0 Å². The van der Waals surface area contributed by atoms with Crippen LogP contribution in [0.4, 0.5) is 5.69 Å². The highest BCUT2D eigenvalue weighted by Gasteiger charge is 2.19. The fourth-order valence-electron chi connectivity index (χ4n) is 2.36. The summed E-state index contributed by atoms with van der Waals surface area (Å²) in [4.78, 5) is 12.1. The van der Waals surface area contributed by atoms with Gasteiger partial charge in [0.15, 0.2) is 0 Å². The van der Waals surface area contributed by atoms with Crippen molar-refractivity contribution in [3.8, 4) is 0 Å². The van der Waals surface area contributed by atoms with Crippen LogP contribution in [0.5, 0.6) is 0 Å². The molecule has 3 nitrogen and oxygen atoms in total. The third-order valence-corrected chi connectivity index (χ3v) is 3.23. The van der Waals surface area contributed by atoms with Gasteiger partial charge in [-0.3, -0.25) is 4.79 Å². The van der Waals surface area contributed by atoms with Crippen LogP contribution in [0.3, 0.4) is 0 Å². The third-order valence-electron chi connectivity index (χ3n) is 3.23. The zero-order chi connectivity index (χ0) is 12.1. The summed E-state index contributed by atoms with van der Waals surface area (Å²) < 4.78 is 0. The van der Waals surface area contributed by atoms with Gasteiger partial charge in [-0.25, -0.2) is 0 Å². The normalized spacial score (nSPS) is 15.8. The van der Waals surface area contributed by atoms with E-state index in [9.17, 15) is 4.79 Å². The molecule has 1 amide bonds. The van der Waals surface area contributed by atoms with Crippen LogP contribution < -0.4 is 10.6 Å². The van der Waals surface area contributed by atoms with Gasteiger partial charge in [0, 0.05) is 18.3 Å². The molecule has 1 saturated carbocycles. The third kappa shape index (κ3) is 2.99. The lowest BCUT2D eigenvalue weighted by Crippen LogP contribution is -2.33. The molecule has 0 bridgehead atoms. The van der Waals surface area contributed by atoms with Crippen molar-refractivity contribution in [3.63, 3.8) is 0 Å². The van der Waals surface area contributed by atoms with E-state index in [4.69, 9.17) is 0 Å². The predicted molar refractivity (Wildman–Crippen MR) is 70.3 cm³/mol. The van der Waals surface area contributed by atoms with E-state index in [1.54, 1.807) is 0 Å². The number of hydrogen-bond acceptors (Lipinski definition) is 2.